The summed E-state index contributed by atoms with van der Waals surface area (Å²) in [5, 5.41) is 13.9. The topological polar surface area (TPSA) is 98.7 Å². The number of benzene rings is 1. The van der Waals surface area contributed by atoms with Gasteiger partial charge < -0.3 is 15.7 Å². The fourth-order valence-corrected chi connectivity index (χ4v) is 2.51. The lowest BCUT2D eigenvalue weighted by Gasteiger charge is -2.13. The third-order valence-electron chi connectivity index (χ3n) is 2.84. The predicted octanol–water partition coefficient (Wildman–Crippen LogP) is 1.10. The molecule has 1 aliphatic heterocycles. The summed E-state index contributed by atoms with van der Waals surface area (Å²) in [6, 6.07) is 6.30. The first-order chi connectivity index (χ1) is 10.1. The molecule has 1 heterocycles. The smallest absolute Gasteiger partial charge is 0.326 e. The van der Waals surface area contributed by atoms with E-state index in [4.69, 9.17) is 5.11 Å². The Morgan fingerprint density at radius 3 is 2.62 bits per heavy atom. The standard InChI is InChI=1S/C13H15N3O4S/c17-11(18)7-9-1-3-10(4-2-9)21-8-15-13(20)16-6-5-14-12(16)19/h1-4H,5-8H2,(H,14,19)(H,15,20)(H,17,18). The lowest BCUT2D eigenvalue weighted by atomic mass is 10.2. The Bertz CT molecular complexity index is 547. The van der Waals surface area contributed by atoms with E-state index in [1.807, 2.05) is 0 Å². The number of carbonyl (C=O) groups excluding carboxylic acids is 2. The highest BCUT2D eigenvalue weighted by Gasteiger charge is 2.25. The molecule has 7 nitrogen and oxygen atoms in total. The Morgan fingerprint density at radius 1 is 1.33 bits per heavy atom. The van der Waals surface area contributed by atoms with Gasteiger partial charge in [-0.3, -0.25) is 4.79 Å². The molecule has 0 aromatic heterocycles. The van der Waals surface area contributed by atoms with Crippen molar-refractivity contribution in [2.45, 2.75) is 11.3 Å². The molecule has 0 bridgehead atoms. The fourth-order valence-electron chi connectivity index (χ4n) is 1.82. The van der Waals surface area contributed by atoms with Crippen LogP contribution in [0.25, 0.3) is 0 Å². The van der Waals surface area contributed by atoms with Crippen LogP contribution in [-0.2, 0) is 11.2 Å². The molecule has 1 fully saturated rings. The summed E-state index contributed by atoms with van der Waals surface area (Å²) in [7, 11) is 0. The second kappa shape index (κ2) is 6.98. The average Bonchev–Trinajstić information content (AvgIpc) is 2.86. The Hall–Kier alpha value is -2.22. The van der Waals surface area contributed by atoms with Gasteiger partial charge in [-0.2, -0.15) is 0 Å². The van der Waals surface area contributed by atoms with E-state index >= 15 is 0 Å². The van der Waals surface area contributed by atoms with Gasteiger partial charge in [0.2, 0.25) is 0 Å². The number of hydrogen-bond acceptors (Lipinski definition) is 4. The third-order valence-corrected chi connectivity index (χ3v) is 3.74. The van der Waals surface area contributed by atoms with Gasteiger partial charge >= 0.3 is 18.0 Å². The molecule has 1 aromatic rings. The molecule has 0 unspecified atom stereocenters. The zero-order valence-electron chi connectivity index (χ0n) is 11.2. The van der Waals surface area contributed by atoms with Gasteiger partial charge in [0.15, 0.2) is 0 Å². The Labute approximate surface area is 125 Å². The van der Waals surface area contributed by atoms with Crippen LogP contribution in [0.1, 0.15) is 5.56 Å². The molecule has 1 aliphatic rings. The maximum Gasteiger partial charge on any atom is 0.326 e. The minimum absolute atomic E-state index is 0.00818. The largest absolute Gasteiger partial charge is 0.481 e. The molecule has 0 saturated carbocycles. The number of urea groups is 2. The molecule has 112 valence electrons. The number of carboxylic acid groups (broad SMARTS) is 1. The van der Waals surface area contributed by atoms with Crippen LogP contribution >= 0.6 is 11.8 Å². The summed E-state index contributed by atoms with van der Waals surface area (Å²) >= 11 is 1.40. The molecule has 0 radical (unpaired) electrons. The number of amides is 4. The maximum atomic E-state index is 11.7. The van der Waals surface area contributed by atoms with Crippen molar-refractivity contribution in [2.24, 2.45) is 0 Å². The zero-order chi connectivity index (χ0) is 15.2. The van der Waals surface area contributed by atoms with Crippen molar-refractivity contribution in [3.8, 4) is 0 Å². The van der Waals surface area contributed by atoms with E-state index in [1.165, 1.54) is 11.8 Å². The molecular weight excluding hydrogens is 294 g/mol. The first-order valence-corrected chi connectivity index (χ1v) is 7.31. The number of rotatable bonds is 5. The second-order valence-electron chi connectivity index (χ2n) is 4.37. The maximum absolute atomic E-state index is 11.7. The zero-order valence-corrected chi connectivity index (χ0v) is 12.0. The number of nitrogens with zero attached hydrogens (tertiary/aromatic N) is 1. The van der Waals surface area contributed by atoms with E-state index in [-0.39, 0.29) is 12.5 Å². The van der Waals surface area contributed by atoms with Crippen LogP contribution in [0.3, 0.4) is 0 Å². The molecule has 1 aromatic carbocycles. The van der Waals surface area contributed by atoms with Crippen molar-refractivity contribution in [1.29, 1.82) is 0 Å². The van der Waals surface area contributed by atoms with Crippen molar-refractivity contribution in [2.75, 3.05) is 19.0 Å². The highest BCUT2D eigenvalue weighted by atomic mass is 32.2. The predicted molar refractivity (Wildman–Crippen MR) is 77.1 cm³/mol. The molecule has 4 amide bonds. The van der Waals surface area contributed by atoms with Crippen molar-refractivity contribution in [1.82, 2.24) is 15.5 Å². The summed E-state index contributed by atoms with van der Waals surface area (Å²) < 4.78 is 0. The highest BCUT2D eigenvalue weighted by Crippen LogP contribution is 2.17. The molecule has 3 N–H and O–H groups in total. The molecule has 8 heteroatoms. The van der Waals surface area contributed by atoms with Gasteiger partial charge in [0, 0.05) is 18.0 Å². The summed E-state index contributed by atoms with van der Waals surface area (Å²) in [6.45, 7) is 0.851. The molecule has 1 saturated heterocycles. The van der Waals surface area contributed by atoms with Gasteiger partial charge in [-0.1, -0.05) is 12.1 Å². The van der Waals surface area contributed by atoms with Gasteiger partial charge in [-0.25, -0.2) is 14.5 Å². The van der Waals surface area contributed by atoms with Crippen molar-refractivity contribution >= 4 is 29.8 Å². The molecule has 2 rings (SSSR count). The van der Waals surface area contributed by atoms with Crippen LogP contribution in [0, 0.1) is 0 Å². The molecule has 0 atom stereocenters. The van der Waals surface area contributed by atoms with E-state index in [9.17, 15) is 14.4 Å². The Morgan fingerprint density at radius 2 is 2.05 bits per heavy atom. The lowest BCUT2D eigenvalue weighted by Crippen LogP contribution is -2.41. The minimum atomic E-state index is -0.869. The number of imide groups is 1. The number of aliphatic carboxylic acids is 1. The van der Waals surface area contributed by atoms with E-state index < -0.39 is 12.0 Å². The Kier molecular flexibility index (Phi) is 5.04. The van der Waals surface area contributed by atoms with Crippen LogP contribution in [0.4, 0.5) is 9.59 Å². The Balaban J connectivity index is 1.76. The van der Waals surface area contributed by atoms with E-state index in [0.29, 0.717) is 19.0 Å². The first kappa shape index (κ1) is 15.2. The number of nitrogens with one attached hydrogen (secondary N) is 2. The van der Waals surface area contributed by atoms with E-state index in [1.54, 1.807) is 24.3 Å². The van der Waals surface area contributed by atoms with E-state index in [0.717, 1.165) is 15.4 Å². The minimum Gasteiger partial charge on any atom is -0.481 e. The third kappa shape index (κ3) is 4.38. The number of carboxylic acids is 1. The molecule has 21 heavy (non-hydrogen) atoms. The second-order valence-corrected chi connectivity index (χ2v) is 5.42. The summed E-state index contributed by atoms with van der Waals surface area (Å²) in [6.07, 6.45) is -0.00818. The quantitative estimate of drug-likeness (QED) is 0.559. The van der Waals surface area contributed by atoms with Gasteiger partial charge in [-0.05, 0) is 17.7 Å². The van der Waals surface area contributed by atoms with Crippen molar-refractivity contribution in [3.63, 3.8) is 0 Å². The average molecular weight is 309 g/mol. The number of thioether (sulfide) groups is 1. The lowest BCUT2D eigenvalue weighted by molar-refractivity contribution is -0.136. The van der Waals surface area contributed by atoms with Gasteiger partial charge in [-0.15, -0.1) is 11.8 Å². The van der Waals surface area contributed by atoms with Crippen LogP contribution < -0.4 is 10.6 Å². The fraction of sp³-hybridized carbons (Fsp3) is 0.308. The normalized spacial score (nSPS) is 13.9. The highest BCUT2D eigenvalue weighted by molar-refractivity contribution is 7.99. The summed E-state index contributed by atoms with van der Waals surface area (Å²) in [5.41, 5.74) is 0.727. The number of carbonyl (C=O) groups is 3. The molecule has 0 spiro atoms. The van der Waals surface area contributed by atoms with Crippen molar-refractivity contribution in [3.05, 3.63) is 29.8 Å². The first-order valence-electron chi connectivity index (χ1n) is 6.33. The van der Waals surface area contributed by atoms with Gasteiger partial charge in [0.25, 0.3) is 0 Å². The van der Waals surface area contributed by atoms with E-state index in [2.05, 4.69) is 10.6 Å². The van der Waals surface area contributed by atoms with Crippen LogP contribution in [0.5, 0.6) is 0 Å². The van der Waals surface area contributed by atoms with Crippen LogP contribution in [-0.4, -0.2) is 47.0 Å². The summed E-state index contributed by atoms with van der Waals surface area (Å²) in [4.78, 5) is 35.6. The van der Waals surface area contributed by atoms with Gasteiger partial charge in [0.1, 0.15) is 0 Å². The molecular formula is C13H15N3O4S. The SMILES string of the molecule is O=C(O)Cc1ccc(SCNC(=O)N2CCNC2=O)cc1. The van der Waals surface area contributed by atoms with Crippen LogP contribution in [0.2, 0.25) is 0 Å². The molecule has 0 aliphatic carbocycles. The summed E-state index contributed by atoms with van der Waals surface area (Å²) in [5.74, 6) is -0.535. The van der Waals surface area contributed by atoms with Crippen LogP contribution in [0.15, 0.2) is 29.2 Å². The van der Waals surface area contributed by atoms with Crippen molar-refractivity contribution < 1.29 is 19.5 Å². The van der Waals surface area contributed by atoms with Gasteiger partial charge in [0.05, 0.1) is 12.3 Å². The monoisotopic (exact) mass is 309 g/mol. The number of hydrogen-bond donors (Lipinski definition) is 3.